The zero-order valence-electron chi connectivity index (χ0n) is 11.5. The molecule has 0 aliphatic heterocycles. The number of rotatable bonds is 3. The van der Waals surface area contributed by atoms with E-state index in [2.05, 4.69) is 18.9 Å². The van der Waals surface area contributed by atoms with Crippen LogP contribution in [0.4, 0.5) is 0 Å². The normalized spacial score (nSPS) is 28.6. The number of aliphatic hydroxyl groups is 1. The summed E-state index contributed by atoms with van der Waals surface area (Å²) in [5, 5.41) is 16.0. The van der Waals surface area contributed by atoms with Gasteiger partial charge in [-0.05, 0) is 32.6 Å². The Morgan fingerprint density at radius 1 is 1.50 bits per heavy atom. The highest BCUT2D eigenvalue weighted by molar-refractivity contribution is 6.31. The lowest BCUT2D eigenvalue weighted by molar-refractivity contribution is -0.0419. The summed E-state index contributed by atoms with van der Waals surface area (Å²) in [6.45, 7) is 6.92. The van der Waals surface area contributed by atoms with Gasteiger partial charge in [0.25, 0.3) is 0 Å². The van der Waals surface area contributed by atoms with Crippen molar-refractivity contribution in [1.29, 1.82) is 0 Å². The number of hydrogen-bond donors (Lipinski definition) is 1. The summed E-state index contributed by atoms with van der Waals surface area (Å²) < 4.78 is 1.93. The van der Waals surface area contributed by atoms with Gasteiger partial charge in [0.1, 0.15) is 0 Å². The molecule has 2 unspecified atom stereocenters. The van der Waals surface area contributed by atoms with E-state index in [1.165, 1.54) is 6.42 Å². The molecule has 1 N–H and O–H groups in total. The molecule has 0 saturated heterocycles. The lowest BCUT2D eigenvalue weighted by atomic mass is 9.74. The Labute approximate surface area is 114 Å². The van der Waals surface area contributed by atoms with Crippen LogP contribution in [0.3, 0.4) is 0 Å². The van der Waals surface area contributed by atoms with Gasteiger partial charge in [-0.1, -0.05) is 31.4 Å². The number of aryl methyl sites for hydroxylation is 2. The van der Waals surface area contributed by atoms with Crippen LogP contribution < -0.4 is 0 Å². The van der Waals surface area contributed by atoms with Crippen molar-refractivity contribution >= 4 is 11.6 Å². The molecule has 3 nitrogen and oxygen atoms in total. The van der Waals surface area contributed by atoms with E-state index in [0.29, 0.717) is 12.3 Å². The first-order chi connectivity index (χ1) is 8.48. The molecule has 4 heteroatoms. The van der Waals surface area contributed by atoms with Crippen molar-refractivity contribution in [2.75, 3.05) is 0 Å². The summed E-state index contributed by atoms with van der Waals surface area (Å²) in [4.78, 5) is 0. The molecule has 1 heterocycles. The van der Waals surface area contributed by atoms with Crippen LogP contribution in [-0.4, -0.2) is 20.5 Å². The molecule has 1 aromatic heterocycles. The number of nitrogens with zero attached hydrogens (tertiary/aromatic N) is 2. The molecule has 1 aromatic rings. The van der Waals surface area contributed by atoms with Crippen molar-refractivity contribution < 1.29 is 5.11 Å². The second kappa shape index (κ2) is 5.22. The van der Waals surface area contributed by atoms with Crippen LogP contribution in [0.15, 0.2) is 0 Å². The van der Waals surface area contributed by atoms with Gasteiger partial charge in [-0.25, -0.2) is 0 Å². The van der Waals surface area contributed by atoms with E-state index in [9.17, 15) is 5.11 Å². The Kier molecular flexibility index (Phi) is 4.02. The first-order valence-electron chi connectivity index (χ1n) is 6.92. The molecule has 2 rings (SSSR count). The predicted molar refractivity (Wildman–Crippen MR) is 73.9 cm³/mol. The Hall–Kier alpha value is -0.540. The molecule has 1 saturated carbocycles. The second-order valence-electron chi connectivity index (χ2n) is 5.59. The third kappa shape index (κ3) is 2.43. The highest BCUT2D eigenvalue weighted by Gasteiger charge is 2.37. The van der Waals surface area contributed by atoms with Crippen LogP contribution in [0.2, 0.25) is 5.02 Å². The maximum absolute atomic E-state index is 10.8. The van der Waals surface area contributed by atoms with Crippen molar-refractivity contribution in [1.82, 2.24) is 9.78 Å². The van der Waals surface area contributed by atoms with E-state index in [4.69, 9.17) is 11.6 Å². The summed E-state index contributed by atoms with van der Waals surface area (Å²) >= 11 is 6.33. The SMILES string of the molecule is CCn1nc(C)c(Cl)c1CC1(O)CCCCC1C. The fourth-order valence-electron chi connectivity index (χ4n) is 2.99. The Morgan fingerprint density at radius 2 is 2.22 bits per heavy atom. The molecule has 0 aromatic carbocycles. The van der Waals surface area contributed by atoms with Crippen molar-refractivity contribution in [3.63, 3.8) is 0 Å². The maximum Gasteiger partial charge on any atom is 0.0848 e. The van der Waals surface area contributed by atoms with E-state index < -0.39 is 5.60 Å². The largest absolute Gasteiger partial charge is 0.389 e. The lowest BCUT2D eigenvalue weighted by Crippen LogP contribution is -2.41. The standard InChI is InChI=1S/C14H23ClN2O/c1-4-17-12(13(15)11(3)16-17)9-14(18)8-6-5-7-10(14)2/h10,18H,4-9H2,1-3H3. The fourth-order valence-corrected chi connectivity index (χ4v) is 3.19. The summed E-state index contributed by atoms with van der Waals surface area (Å²) in [6.07, 6.45) is 4.94. The first-order valence-corrected chi connectivity index (χ1v) is 7.30. The van der Waals surface area contributed by atoms with E-state index in [-0.39, 0.29) is 0 Å². The van der Waals surface area contributed by atoms with Crippen molar-refractivity contribution in [2.24, 2.45) is 5.92 Å². The van der Waals surface area contributed by atoms with Gasteiger partial charge in [-0.2, -0.15) is 5.10 Å². The summed E-state index contributed by atoms with van der Waals surface area (Å²) in [5.41, 5.74) is 1.25. The molecule has 102 valence electrons. The van der Waals surface area contributed by atoms with E-state index in [0.717, 1.165) is 42.2 Å². The Morgan fingerprint density at radius 3 is 2.83 bits per heavy atom. The van der Waals surface area contributed by atoms with Crippen molar-refractivity contribution in [3.05, 3.63) is 16.4 Å². The Bertz CT molecular complexity index is 430. The molecule has 2 atom stereocenters. The van der Waals surface area contributed by atoms with Crippen LogP contribution in [0.25, 0.3) is 0 Å². The number of halogens is 1. The first kappa shape index (κ1) is 13.9. The average molecular weight is 271 g/mol. The van der Waals surface area contributed by atoms with Gasteiger partial charge < -0.3 is 5.11 Å². The predicted octanol–water partition coefficient (Wildman–Crippen LogP) is 3.35. The molecular weight excluding hydrogens is 248 g/mol. The lowest BCUT2D eigenvalue weighted by Gasteiger charge is -2.38. The minimum absolute atomic E-state index is 0.336. The maximum atomic E-state index is 10.8. The van der Waals surface area contributed by atoms with Gasteiger partial charge in [-0.15, -0.1) is 0 Å². The van der Waals surface area contributed by atoms with Gasteiger partial charge in [0.05, 0.1) is 22.0 Å². The van der Waals surface area contributed by atoms with Crippen LogP contribution in [-0.2, 0) is 13.0 Å². The monoisotopic (exact) mass is 270 g/mol. The molecule has 18 heavy (non-hydrogen) atoms. The molecule has 0 bridgehead atoms. The van der Waals surface area contributed by atoms with E-state index in [1.807, 2.05) is 11.6 Å². The van der Waals surface area contributed by atoms with Gasteiger partial charge in [0, 0.05) is 13.0 Å². The highest BCUT2D eigenvalue weighted by Crippen LogP contribution is 2.37. The highest BCUT2D eigenvalue weighted by atomic mass is 35.5. The van der Waals surface area contributed by atoms with Crippen LogP contribution in [0.5, 0.6) is 0 Å². The third-order valence-corrected chi connectivity index (χ3v) is 4.83. The molecule has 1 aliphatic rings. The smallest absolute Gasteiger partial charge is 0.0848 e. The minimum Gasteiger partial charge on any atom is -0.389 e. The van der Waals surface area contributed by atoms with Crippen LogP contribution in [0.1, 0.15) is 50.9 Å². The molecule has 0 radical (unpaired) electrons. The molecule has 1 aliphatic carbocycles. The van der Waals surface area contributed by atoms with E-state index >= 15 is 0 Å². The minimum atomic E-state index is -0.610. The quantitative estimate of drug-likeness (QED) is 0.915. The summed E-state index contributed by atoms with van der Waals surface area (Å²) in [6, 6.07) is 0. The second-order valence-corrected chi connectivity index (χ2v) is 5.97. The molecular formula is C14H23ClN2O. The van der Waals surface area contributed by atoms with Crippen molar-refractivity contribution in [3.8, 4) is 0 Å². The van der Waals surface area contributed by atoms with Crippen LogP contribution >= 0.6 is 11.6 Å². The zero-order chi connectivity index (χ0) is 13.3. The van der Waals surface area contributed by atoms with Crippen LogP contribution in [0, 0.1) is 12.8 Å². The third-order valence-electron chi connectivity index (χ3n) is 4.34. The fraction of sp³-hybridized carbons (Fsp3) is 0.786. The zero-order valence-corrected chi connectivity index (χ0v) is 12.3. The van der Waals surface area contributed by atoms with Gasteiger partial charge in [0.2, 0.25) is 0 Å². The van der Waals surface area contributed by atoms with Gasteiger partial charge in [0.15, 0.2) is 0 Å². The van der Waals surface area contributed by atoms with Gasteiger partial charge >= 0.3 is 0 Å². The summed E-state index contributed by atoms with van der Waals surface area (Å²) in [7, 11) is 0. The van der Waals surface area contributed by atoms with E-state index in [1.54, 1.807) is 0 Å². The molecule has 0 spiro atoms. The topological polar surface area (TPSA) is 38.0 Å². The summed E-state index contributed by atoms with van der Waals surface area (Å²) in [5.74, 6) is 0.336. The number of hydrogen-bond acceptors (Lipinski definition) is 2. The van der Waals surface area contributed by atoms with Gasteiger partial charge in [-0.3, -0.25) is 4.68 Å². The van der Waals surface area contributed by atoms with Crippen molar-refractivity contribution in [2.45, 2.75) is 65.0 Å². The molecule has 0 amide bonds. The molecule has 1 fully saturated rings. The Balaban J connectivity index is 2.27. The average Bonchev–Trinajstić information content (AvgIpc) is 2.61. The number of aromatic nitrogens is 2.